The first kappa shape index (κ1) is 11.9. The smallest absolute Gasteiger partial charge is 0.0755 e. The molecule has 3 atom stereocenters. The van der Waals surface area contributed by atoms with Crippen LogP contribution in [0.15, 0.2) is 24.3 Å². The SMILES string of the molecule is CC1CCOC1C(N)Cc1ccc(Cl)cc1. The van der Waals surface area contributed by atoms with Gasteiger partial charge in [0, 0.05) is 17.7 Å². The second kappa shape index (κ2) is 5.17. The molecule has 88 valence electrons. The quantitative estimate of drug-likeness (QED) is 0.880. The lowest BCUT2D eigenvalue weighted by atomic mass is 9.94. The normalized spacial score (nSPS) is 26.9. The molecular weight excluding hydrogens is 222 g/mol. The van der Waals surface area contributed by atoms with Crippen LogP contribution in [-0.4, -0.2) is 18.8 Å². The topological polar surface area (TPSA) is 35.2 Å². The molecule has 1 fully saturated rings. The first-order valence-electron chi connectivity index (χ1n) is 5.78. The summed E-state index contributed by atoms with van der Waals surface area (Å²) >= 11 is 5.84. The van der Waals surface area contributed by atoms with Gasteiger partial charge in [-0.15, -0.1) is 0 Å². The molecule has 0 bridgehead atoms. The van der Waals surface area contributed by atoms with Crippen molar-refractivity contribution in [1.29, 1.82) is 0 Å². The first-order valence-corrected chi connectivity index (χ1v) is 6.16. The van der Waals surface area contributed by atoms with Crippen LogP contribution in [0.25, 0.3) is 0 Å². The zero-order valence-corrected chi connectivity index (χ0v) is 10.3. The summed E-state index contributed by atoms with van der Waals surface area (Å²) in [5.41, 5.74) is 7.40. The Hall–Kier alpha value is -0.570. The number of halogens is 1. The fraction of sp³-hybridized carbons (Fsp3) is 0.538. The highest BCUT2D eigenvalue weighted by Crippen LogP contribution is 2.23. The molecule has 0 radical (unpaired) electrons. The number of nitrogens with two attached hydrogens (primary N) is 1. The minimum atomic E-state index is 0.0821. The van der Waals surface area contributed by atoms with E-state index in [0.717, 1.165) is 24.5 Å². The van der Waals surface area contributed by atoms with Crippen molar-refractivity contribution >= 4 is 11.6 Å². The molecule has 0 amide bonds. The van der Waals surface area contributed by atoms with E-state index in [2.05, 4.69) is 6.92 Å². The Labute approximate surface area is 102 Å². The monoisotopic (exact) mass is 239 g/mol. The Bertz CT molecular complexity index is 338. The van der Waals surface area contributed by atoms with Gasteiger partial charge < -0.3 is 10.5 Å². The van der Waals surface area contributed by atoms with Crippen molar-refractivity contribution in [2.24, 2.45) is 11.7 Å². The molecule has 0 aromatic heterocycles. The zero-order chi connectivity index (χ0) is 11.5. The van der Waals surface area contributed by atoms with E-state index >= 15 is 0 Å². The molecular formula is C13H18ClNO. The third-order valence-electron chi connectivity index (χ3n) is 3.25. The Balaban J connectivity index is 1.96. The average molecular weight is 240 g/mol. The van der Waals surface area contributed by atoms with E-state index in [4.69, 9.17) is 22.1 Å². The molecule has 0 saturated carbocycles. The van der Waals surface area contributed by atoms with Gasteiger partial charge in [-0.2, -0.15) is 0 Å². The standard InChI is InChI=1S/C13H18ClNO/c1-9-6-7-16-13(9)12(15)8-10-2-4-11(14)5-3-10/h2-5,9,12-13H,6-8,15H2,1H3. The van der Waals surface area contributed by atoms with Crippen LogP contribution in [0, 0.1) is 5.92 Å². The maximum Gasteiger partial charge on any atom is 0.0755 e. The number of hydrogen-bond donors (Lipinski definition) is 1. The van der Waals surface area contributed by atoms with E-state index in [1.165, 1.54) is 5.56 Å². The minimum absolute atomic E-state index is 0.0821. The van der Waals surface area contributed by atoms with Crippen LogP contribution in [-0.2, 0) is 11.2 Å². The molecule has 0 spiro atoms. The average Bonchev–Trinajstić information content (AvgIpc) is 2.68. The van der Waals surface area contributed by atoms with E-state index in [1.807, 2.05) is 24.3 Å². The summed E-state index contributed by atoms with van der Waals surface area (Å²) in [6.45, 7) is 3.06. The highest BCUT2D eigenvalue weighted by atomic mass is 35.5. The predicted octanol–water partition coefficient (Wildman–Crippen LogP) is 2.63. The van der Waals surface area contributed by atoms with E-state index in [1.54, 1.807) is 0 Å². The van der Waals surface area contributed by atoms with Gasteiger partial charge in [-0.05, 0) is 36.5 Å². The van der Waals surface area contributed by atoms with E-state index in [-0.39, 0.29) is 12.1 Å². The summed E-state index contributed by atoms with van der Waals surface area (Å²) in [6, 6.07) is 7.95. The van der Waals surface area contributed by atoms with Crippen molar-refractivity contribution in [1.82, 2.24) is 0 Å². The molecule has 1 aromatic carbocycles. The molecule has 2 nitrogen and oxygen atoms in total. The molecule has 1 aliphatic heterocycles. The molecule has 3 heteroatoms. The van der Waals surface area contributed by atoms with Crippen LogP contribution in [0.4, 0.5) is 0 Å². The van der Waals surface area contributed by atoms with Gasteiger partial charge in [0.1, 0.15) is 0 Å². The van der Waals surface area contributed by atoms with Crippen molar-refractivity contribution in [2.45, 2.75) is 31.9 Å². The Morgan fingerprint density at radius 2 is 2.12 bits per heavy atom. The molecule has 2 N–H and O–H groups in total. The van der Waals surface area contributed by atoms with Gasteiger partial charge in [-0.25, -0.2) is 0 Å². The van der Waals surface area contributed by atoms with Gasteiger partial charge in [-0.1, -0.05) is 30.7 Å². The van der Waals surface area contributed by atoms with Gasteiger partial charge in [0.05, 0.1) is 6.10 Å². The number of rotatable bonds is 3. The van der Waals surface area contributed by atoms with Crippen LogP contribution in [0.1, 0.15) is 18.9 Å². The largest absolute Gasteiger partial charge is 0.376 e. The molecule has 1 aliphatic rings. The van der Waals surface area contributed by atoms with E-state index in [9.17, 15) is 0 Å². The lowest BCUT2D eigenvalue weighted by molar-refractivity contribution is 0.0726. The lowest BCUT2D eigenvalue weighted by Crippen LogP contribution is -2.39. The van der Waals surface area contributed by atoms with Crippen LogP contribution in [0.2, 0.25) is 5.02 Å². The second-order valence-electron chi connectivity index (χ2n) is 4.60. The number of benzene rings is 1. The Kier molecular flexibility index (Phi) is 3.85. The van der Waals surface area contributed by atoms with Crippen LogP contribution >= 0.6 is 11.6 Å². The van der Waals surface area contributed by atoms with Crippen molar-refractivity contribution < 1.29 is 4.74 Å². The maximum atomic E-state index is 6.18. The molecule has 2 rings (SSSR count). The summed E-state index contributed by atoms with van der Waals surface area (Å²) < 4.78 is 5.67. The summed E-state index contributed by atoms with van der Waals surface area (Å²) in [4.78, 5) is 0. The highest BCUT2D eigenvalue weighted by molar-refractivity contribution is 6.30. The minimum Gasteiger partial charge on any atom is -0.376 e. The number of hydrogen-bond acceptors (Lipinski definition) is 2. The van der Waals surface area contributed by atoms with E-state index < -0.39 is 0 Å². The highest BCUT2D eigenvalue weighted by Gasteiger charge is 2.29. The molecule has 3 unspecified atom stereocenters. The second-order valence-corrected chi connectivity index (χ2v) is 5.03. The van der Waals surface area contributed by atoms with Crippen molar-refractivity contribution in [3.63, 3.8) is 0 Å². The number of ether oxygens (including phenoxy) is 1. The van der Waals surface area contributed by atoms with Crippen LogP contribution < -0.4 is 5.73 Å². The fourth-order valence-electron chi connectivity index (χ4n) is 2.27. The summed E-state index contributed by atoms with van der Waals surface area (Å²) in [7, 11) is 0. The van der Waals surface area contributed by atoms with E-state index in [0.29, 0.717) is 5.92 Å². The van der Waals surface area contributed by atoms with Gasteiger partial charge >= 0.3 is 0 Å². The summed E-state index contributed by atoms with van der Waals surface area (Å²) in [5.74, 6) is 0.572. The van der Waals surface area contributed by atoms with Crippen molar-refractivity contribution in [2.75, 3.05) is 6.61 Å². The third-order valence-corrected chi connectivity index (χ3v) is 3.50. The van der Waals surface area contributed by atoms with Crippen molar-refractivity contribution in [3.05, 3.63) is 34.9 Å². The fourth-order valence-corrected chi connectivity index (χ4v) is 2.40. The van der Waals surface area contributed by atoms with Gasteiger partial charge in [0.25, 0.3) is 0 Å². The maximum absolute atomic E-state index is 6.18. The Morgan fingerprint density at radius 3 is 2.69 bits per heavy atom. The van der Waals surface area contributed by atoms with Crippen molar-refractivity contribution in [3.8, 4) is 0 Å². The molecule has 0 aliphatic carbocycles. The van der Waals surface area contributed by atoms with Crippen LogP contribution in [0.5, 0.6) is 0 Å². The summed E-state index contributed by atoms with van der Waals surface area (Å²) in [5, 5.41) is 0.766. The third kappa shape index (κ3) is 2.76. The predicted molar refractivity (Wildman–Crippen MR) is 66.7 cm³/mol. The van der Waals surface area contributed by atoms with Gasteiger partial charge in [0.15, 0.2) is 0 Å². The Morgan fingerprint density at radius 1 is 1.44 bits per heavy atom. The zero-order valence-electron chi connectivity index (χ0n) is 9.53. The summed E-state index contributed by atoms with van der Waals surface area (Å²) in [6.07, 6.45) is 2.18. The van der Waals surface area contributed by atoms with Crippen LogP contribution in [0.3, 0.4) is 0 Å². The molecule has 1 heterocycles. The van der Waals surface area contributed by atoms with Gasteiger partial charge in [0.2, 0.25) is 0 Å². The lowest BCUT2D eigenvalue weighted by Gasteiger charge is -2.22. The van der Waals surface area contributed by atoms with Gasteiger partial charge in [-0.3, -0.25) is 0 Å². The molecule has 1 aromatic rings. The molecule has 1 saturated heterocycles. The molecule has 16 heavy (non-hydrogen) atoms. The first-order chi connectivity index (χ1) is 7.66.